The highest BCUT2D eigenvalue weighted by molar-refractivity contribution is 9.10. The summed E-state index contributed by atoms with van der Waals surface area (Å²) >= 11 is 3.45. The fraction of sp³-hybridized carbons (Fsp3) is 0.286. The summed E-state index contributed by atoms with van der Waals surface area (Å²) in [5.41, 5.74) is 8.47. The molecule has 0 aliphatic carbocycles. The molecule has 2 aromatic rings. The molecule has 0 spiro atoms. The maximum atomic E-state index is 6.04. The number of hydrogen-bond donors (Lipinski definition) is 2. The molecule has 0 aliphatic heterocycles. The second kappa shape index (κ2) is 6.09. The summed E-state index contributed by atoms with van der Waals surface area (Å²) in [4.78, 5) is 8.22. The van der Waals surface area contributed by atoms with Crippen LogP contribution in [0.25, 0.3) is 0 Å². The van der Waals surface area contributed by atoms with Gasteiger partial charge < -0.3 is 15.8 Å². The molecule has 0 saturated carbocycles. The highest BCUT2D eigenvalue weighted by Crippen LogP contribution is 2.30. The van der Waals surface area contributed by atoms with Gasteiger partial charge in [0.15, 0.2) is 5.82 Å². The van der Waals surface area contributed by atoms with E-state index in [1.807, 2.05) is 39.0 Å². The zero-order chi connectivity index (χ0) is 14.7. The predicted molar refractivity (Wildman–Crippen MR) is 84.4 cm³/mol. The van der Waals surface area contributed by atoms with Crippen LogP contribution in [-0.2, 0) is 0 Å². The maximum absolute atomic E-state index is 6.04. The Morgan fingerprint density at radius 1 is 1.30 bits per heavy atom. The first-order valence-corrected chi connectivity index (χ1v) is 7.07. The number of nitrogens with zero attached hydrogens (tertiary/aromatic N) is 2. The van der Waals surface area contributed by atoms with Crippen molar-refractivity contribution in [2.45, 2.75) is 26.9 Å². The summed E-state index contributed by atoms with van der Waals surface area (Å²) in [5, 5.41) is 3.21. The second-order valence-electron chi connectivity index (χ2n) is 4.69. The predicted octanol–water partition coefficient (Wildman–Crippen LogP) is 3.66. The molecular weight excluding hydrogens is 320 g/mol. The Morgan fingerprint density at radius 2 is 2.05 bits per heavy atom. The molecule has 20 heavy (non-hydrogen) atoms. The number of rotatable bonds is 4. The van der Waals surface area contributed by atoms with E-state index in [2.05, 4.69) is 31.2 Å². The fourth-order valence-electron chi connectivity index (χ4n) is 1.65. The number of anilines is 3. The SMILES string of the molecule is Cc1ccc(Br)cc1Nc1ncnc(OC(C)C)c1N. The Balaban J connectivity index is 2.32. The van der Waals surface area contributed by atoms with Crippen molar-refractivity contribution in [1.29, 1.82) is 0 Å². The lowest BCUT2D eigenvalue weighted by Gasteiger charge is -2.14. The fourth-order valence-corrected chi connectivity index (χ4v) is 2.01. The lowest BCUT2D eigenvalue weighted by molar-refractivity contribution is 0.234. The van der Waals surface area contributed by atoms with E-state index in [0.29, 0.717) is 17.4 Å². The molecule has 0 bridgehead atoms. The van der Waals surface area contributed by atoms with Crippen LogP contribution in [0.2, 0.25) is 0 Å². The standard InChI is InChI=1S/C14H17BrN4O/c1-8(2)20-14-12(16)13(17-7-18-14)19-11-6-10(15)5-4-9(11)3/h4-8H,16H2,1-3H3,(H,17,18,19). The van der Waals surface area contributed by atoms with Crippen LogP contribution in [0.4, 0.5) is 17.2 Å². The van der Waals surface area contributed by atoms with Crippen LogP contribution < -0.4 is 15.8 Å². The van der Waals surface area contributed by atoms with E-state index < -0.39 is 0 Å². The number of nitrogen functional groups attached to an aromatic ring is 1. The molecule has 106 valence electrons. The second-order valence-corrected chi connectivity index (χ2v) is 5.61. The first-order valence-electron chi connectivity index (χ1n) is 6.27. The molecule has 6 heteroatoms. The minimum absolute atomic E-state index is 0.00709. The van der Waals surface area contributed by atoms with Gasteiger partial charge in [-0.15, -0.1) is 0 Å². The Bertz CT molecular complexity index is 616. The third-order valence-corrected chi connectivity index (χ3v) is 3.14. The van der Waals surface area contributed by atoms with Gasteiger partial charge in [-0.1, -0.05) is 22.0 Å². The Hall–Kier alpha value is -1.82. The van der Waals surface area contributed by atoms with Crippen LogP contribution in [0.5, 0.6) is 5.88 Å². The molecule has 1 aromatic heterocycles. The molecule has 0 unspecified atom stereocenters. The molecule has 1 heterocycles. The van der Waals surface area contributed by atoms with Gasteiger partial charge in [0, 0.05) is 10.2 Å². The smallest absolute Gasteiger partial charge is 0.242 e. The van der Waals surface area contributed by atoms with Crippen LogP contribution in [0.1, 0.15) is 19.4 Å². The lowest BCUT2D eigenvalue weighted by Crippen LogP contribution is -2.11. The molecule has 0 atom stereocenters. The molecule has 1 aromatic carbocycles. The van der Waals surface area contributed by atoms with Gasteiger partial charge in [0.05, 0.1) is 6.10 Å². The van der Waals surface area contributed by atoms with Crippen LogP contribution in [-0.4, -0.2) is 16.1 Å². The molecule has 0 fully saturated rings. The van der Waals surface area contributed by atoms with Gasteiger partial charge in [-0.25, -0.2) is 4.98 Å². The minimum atomic E-state index is 0.00709. The van der Waals surface area contributed by atoms with Crippen molar-refractivity contribution >= 4 is 33.1 Å². The van der Waals surface area contributed by atoms with Crippen LogP contribution in [0.3, 0.4) is 0 Å². The molecule has 0 radical (unpaired) electrons. The van der Waals surface area contributed by atoms with E-state index >= 15 is 0 Å². The van der Waals surface area contributed by atoms with Crippen LogP contribution in [0, 0.1) is 6.92 Å². The van der Waals surface area contributed by atoms with Gasteiger partial charge in [0.1, 0.15) is 12.0 Å². The van der Waals surface area contributed by atoms with Crippen molar-refractivity contribution in [1.82, 2.24) is 9.97 Å². The first kappa shape index (κ1) is 14.6. The molecular formula is C14H17BrN4O. The van der Waals surface area contributed by atoms with E-state index in [9.17, 15) is 0 Å². The summed E-state index contributed by atoms with van der Waals surface area (Å²) in [7, 11) is 0. The quantitative estimate of drug-likeness (QED) is 0.891. The average Bonchev–Trinajstić information content (AvgIpc) is 2.38. The number of nitrogens with one attached hydrogen (secondary N) is 1. The third-order valence-electron chi connectivity index (χ3n) is 2.65. The number of aryl methyl sites for hydroxylation is 1. The summed E-state index contributed by atoms with van der Waals surface area (Å²) < 4.78 is 6.54. The van der Waals surface area contributed by atoms with E-state index in [1.54, 1.807) is 0 Å². The number of hydrogen-bond acceptors (Lipinski definition) is 5. The Morgan fingerprint density at radius 3 is 2.75 bits per heavy atom. The summed E-state index contributed by atoms with van der Waals surface area (Å²) in [5.74, 6) is 0.932. The topological polar surface area (TPSA) is 73.1 Å². The molecule has 5 nitrogen and oxygen atoms in total. The van der Waals surface area contributed by atoms with Crippen molar-refractivity contribution in [3.63, 3.8) is 0 Å². The van der Waals surface area contributed by atoms with E-state index in [1.165, 1.54) is 6.33 Å². The monoisotopic (exact) mass is 336 g/mol. The van der Waals surface area contributed by atoms with Crippen molar-refractivity contribution in [2.24, 2.45) is 0 Å². The Kier molecular flexibility index (Phi) is 4.44. The summed E-state index contributed by atoms with van der Waals surface area (Å²) in [6.45, 7) is 5.86. The molecule has 0 saturated heterocycles. The lowest BCUT2D eigenvalue weighted by atomic mass is 10.2. The zero-order valence-corrected chi connectivity index (χ0v) is 13.2. The summed E-state index contributed by atoms with van der Waals surface area (Å²) in [6, 6.07) is 5.96. The number of aromatic nitrogens is 2. The van der Waals surface area contributed by atoms with E-state index in [4.69, 9.17) is 10.5 Å². The third kappa shape index (κ3) is 3.39. The van der Waals surface area contributed by atoms with Gasteiger partial charge in [-0.05, 0) is 38.5 Å². The van der Waals surface area contributed by atoms with Crippen LogP contribution in [0.15, 0.2) is 29.0 Å². The van der Waals surface area contributed by atoms with Gasteiger partial charge in [-0.2, -0.15) is 4.98 Å². The largest absolute Gasteiger partial charge is 0.473 e. The first-order chi connectivity index (χ1) is 9.47. The normalized spacial score (nSPS) is 10.7. The Labute approximate surface area is 126 Å². The van der Waals surface area contributed by atoms with Gasteiger partial charge in [0.25, 0.3) is 0 Å². The molecule has 0 aliphatic rings. The highest BCUT2D eigenvalue weighted by atomic mass is 79.9. The maximum Gasteiger partial charge on any atom is 0.242 e. The number of ether oxygens (including phenoxy) is 1. The van der Waals surface area contributed by atoms with E-state index in [-0.39, 0.29) is 6.10 Å². The highest BCUT2D eigenvalue weighted by Gasteiger charge is 2.11. The average molecular weight is 337 g/mol. The number of benzene rings is 1. The van der Waals surface area contributed by atoms with Gasteiger partial charge >= 0.3 is 0 Å². The van der Waals surface area contributed by atoms with Crippen molar-refractivity contribution in [2.75, 3.05) is 11.1 Å². The molecule has 0 amide bonds. The van der Waals surface area contributed by atoms with Crippen molar-refractivity contribution < 1.29 is 4.74 Å². The van der Waals surface area contributed by atoms with Crippen LogP contribution >= 0.6 is 15.9 Å². The summed E-state index contributed by atoms with van der Waals surface area (Å²) in [6.07, 6.45) is 1.44. The van der Waals surface area contributed by atoms with Gasteiger partial charge in [-0.3, -0.25) is 0 Å². The molecule has 2 rings (SSSR count). The van der Waals surface area contributed by atoms with Gasteiger partial charge in [0.2, 0.25) is 5.88 Å². The zero-order valence-electron chi connectivity index (χ0n) is 11.6. The number of halogens is 1. The minimum Gasteiger partial charge on any atom is -0.473 e. The van der Waals surface area contributed by atoms with E-state index in [0.717, 1.165) is 15.7 Å². The van der Waals surface area contributed by atoms with Crippen molar-refractivity contribution in [3.8, 4) is 5.88 Å². The molecule has 3 N–H and O–H groups in total. The van der Waals surface area contributed by atoms with Crippen molar-refractivity contribution in [3.05, 3.63) is 34.6 Å². The number of nitrogens with two attached hydrogens (primary N) is 1.